The Kier molecular flexibility index (Phi) is 6.35. The van der Waals surface area contributed by atoms with Crippen LogP contribution in [-0.4, -0.2) is 44.6 Å². The van der Waals surface area contributed by atoms with Gasteiger partial charge in [0.1, 0.15) is 5.82 Å². The van der Waals surface area contributed by atoms with E-state index < -0.39 is 0 Å². The summed E-state index contributed by atoms with van der Waals surface area (Å²) < 4.78 is 14.7. The lowest BCUT2D eigenvalue weighted by atomic mass is 9.96. The molecule has 3 aromatic rings. The number of carbonyl (C=O) groups is 2. The maximum atomic E-state index is 13.1. The zero-order chi connectivity index (χ0) is 21.6. The normalized spacial score (nSPS) is 16.2. The van der Waals surface area contributed by atoms with Crippen LogP contribution in [0.25, 0.3) is 5.82 Å². The van der Waals surface area contributed by atoms with Gasteiger partial charge in [-0.15, -0.1) is 0 Å². The van der Waals surface area contributed by atoms with Crippen molar-refractivity contribution >= 4 is 11.8 Å². The van der Waals surface area contributed by atoms with Crippen molar-refractivity contribution in [2.45, 2.75) is 25.8 Å². The lowest BCUT2D eigenvalue weighted by molar-refractivity contribution is -0.135. The van der Waals surface area contributed by atoms with E-state index in [4.69, 9.17) is 0 Å². The molecule has 31 heavy (non-hydrogen) atoms. The molecule has 7 nitrogen and oxygen atoms in total. The fourth-order valence-corrected chi connectivity index (χ4v) is 3.70. The molecule has 2 aromatic heterocycles. The van der Waals surface area contributed by atoms with E-state index in [2.05, 4.69) is 15.4 Å². The third-order valence-electron chi connectivity index (χ3n) is 5.43. The van der Waals surface area contributed by atoms with E-state index in [1.807, 2.05) is 24.4 Å². The predicted octanol–water partition coefficient (Wildman–Crippen LogP) is 2.50. The number of benzene rings is 1. The number of rotatable bonds is 6. The Hall–Kier alpha value is -3.55. The highest BCUT2D eigenvalue weighted by atomic mass is 19.1. The third-order valence-corrected chi connectivity index (χ3v) is 5.43. The maximum Gasteiger partial charge on any atom is 0.227 e. The summed E-state index contributed by atoms with van der Waals surface area (Å²) in [7, 11) is 0. The molecule has 8 heteroatoms. The van der Waals surface area contributed by atoms with Crippen LogP contribution < -0.4 is 5.32 Å². The number of pyridine rings is 1. The smallest absolute Gasteiger partial charge is 0.227 e. The Labute approximate surface area is 179 Å². The lowest BCUT2D eigenvalue weighted by Gasteiger charge is -2.32. The minimum absolute atomic E-state index is 0.0393. The second-order valence-corrected chi connectivity index (χ2v) is 7.68. The molecule has 0 unspecified atom stereocenters. The van der Waals surface area contributed by atoms with Gasteiger partial charge in [0, 0.05) is 38.2 Å². The molecule has 0 bridgehead atoms. The Balaban J connectivity index is 1.28. The molecule has 160 valence electrons. The number of aromatic nitrogens is 3. The van der Waals surface area contributed by atoms with E-state index in [-0.39, 0.29) is 30.0 Å². The van der Waals surface area contributed by atoms with Crippen molar-refractivity contribution in [3.63, 3.8) is 0 Å². The van der Waals surface area contributed by atoms with Gasteiger partial charge in [-0.25, -0.2) is 14.1 Å². The summed E-state index contributed by atoms with van der Waals surface area (Å²) in [5.41, 5.74) is 1.66. The van der Waals surface area contributed by atoms with Crippen LogP contribution in [0.4, 0.5) is 4.39 Å². The van der Waals surface area contributed by atoms with Crippen molar-refractivity contribution in [3.05, 3.63) is 78.0 Å². The van der Waals surface area contributed by atoms with Crippen molar-refractivity contribution in [2.75, 3.05) is 13.1 Å². The second-order valence-electron chi connectivity index (χ2n) is 7.68. The lowest BCUT2D eigenvalue weighted by Crippen LogP contribution is -2.45. The summed E-state index contributed by atoms with van der Waals surface area (Å²) in [6, 6.07) is 11.5. The number of amides is 2. The van der Waals surface area contributed by atoms with Gasteiger partial charge in [-0.3, -0.25) is 9.59 Å². The topological polar surface area (TPSA) is 80.1 Å². The highest BCUT2D eigenvalue weighted by Gasteiger charge is 2.28. The number of piperidine rings is 1. The molecule has 1 saturated heterocycles. The van der Waals surface area contributed by atoms with Crippen LogP contribution in [0.3, 0.4) is 0 Å². The first kappa shape index (κ1) is 20.7. The van der Waals surface area contributed by atoms with Gasteiger partial charge >= 0.3 is 0 Å². The molecule has 0 radical (unpaired) electrons. The van der Waals surface area contributed by atoms with Gasteiger partial charge in [-0.1, -0.05) is 18.2 Å². The van der Waals surface area contributed by atoms with Gasteiger partial charge in [0.15, 0.2) is 5.82 Å². The van der Waals surface area contributed by atoms with Gasteiger partial charge < -0.3 is 10.2 Å². The zero-order valence-electron chi connectivity index (χ0n) is 17.1. The summed E-state index contributed by atoms with van der Waals surface area (Å²) in [4.78, 5) is 31.4. The summed E-state index contributed by atoms with van der Waals surface area (Å²) in [5.74, 6) is 0.0555. The number of hydrogen-bond donors (Lipinski definition) is 1. The first-order valence-electron chi connectivity index (χ1n) is 10.3. The van der Waals surface area contributed by atoms with E-state index >= 15 is 0 Å². The molecule has 1 aromatic carbocycles. The molecule has 3 heterocycles. The molecule has 1 fully saturated rings. The number of halogens is 1. The fraction of sp³-hybridized carbons (Fsp3) is 0.304. The molecule has 1 atom stereocenters. The number of carbonyl (C=O) groups excluding carboxylic acids is 2. The molecule has 0 spiro atoms. The quantitative estimate of drug-likeness (QED) is 0.663. The van der Waals surface area contributed by atoms with E-state index in [0.29, 0.717) is 25.5 Å². The van der Waals surface area contributed by atoms with Gasteiger partial charge in [0.05, 0.1) is 12.3 Å². The number of nitrogens with one attached hydrogen (secondary N) is 1. The van der Waals surface area contributed by atoms with Crippen molar-refractivity contribution in [2.24, 2.45) is 5.92 Å². The van der Waals surface area contributed by atoms with Crippen LogP contribution >= 0.6 is 0 Å². The van der Waals surface area contributed by atoms with Gasteiger partial charge in [-0.2, -0.15) is 5.10 Å². The van der Waals surface area contributed by atoms with E-state index in [9.17, 15) is 14.0 Å². The molecule has 0 aliphatic carbocycles. The van der Waals surface area contributed by atoms with Crippen molar-refractivity contribution in [1.29, 1.82) is 0 Å². The van der Waals surface area contributed by atoms with E-state index in [0.717, 1.165) is 24.0 Å². The maximum absolute atomic E-state index is 13.1. The molecule has 1 N–H and O–H groups in total. The summed E-state index contributed by atoms with van der Waals surface area (Å²) in [6.07, 6.45) is 6.97. The van der Waals surface area contributed by atoms with Crippen LogP contribution in [0.5, 0.6) is 0 Å². The fourth-order valence-electron chi connectivity index (χ4n) is 3.70. The summed E-state index contributed by atoms with van der Waals surface area (Å²) >= 11 is 0. The minimum Gasteiger partial charge on any atom is -0.352 e. The Morgan fingerprint density at radius 1 is 1.13 bits per heavy atom. The zero-order valence-corrected chi connectivity index (χ0v) is 17.1. The molecule has 2 amide bonds. The van der Waals surface area contributed by atoms with Gasteiger partial charge in [0.25, 0.3) is 0 Å². The average Bonchev–Trinajstić information content (AvgIpc) is 3.34. The second kappa shape index (κ2) is 9.51. The monoisotopic (exact) mass is 421 g/mol. The van der Waals surface area contributed by atoms with Crippen LogP contribution in [-0.2, 0) is 22.6 Å². The Bertz CT molecular complexity index is 1020. The molecule has 4 rings (SSSR count). The summed E-state index contributed by atoms with van der Waals surface area (Å²) in [5, 5.41) is 7.10. The molecule has 1 aliphatic rings. The standard InChI is InChI=1S/C23H24FN5O2/c24-20-7-4-17(5-8-20)13-22(30)28-11-1-3-19(16-28)23(31)26-15-18-6-9-21(25-14-18)29-12-2-10-27-29/h2,4-10,12,14,19H,1,3,11,13,15-16H2,(H,26,31)/t19-/m1/s1. The van der Waals surface area contributed by atoms with Crippen molar-refractivity contribution in [3.8, 4) is 5.82 Å². The highest BCUT2D eigenvalue weighted by Crippen LogP contribution is 2.18. The predicted molar refractivity (Wildman–Crippen MR) is 113 cm³/mol. The first-order chi connectivity index (χ1) is 15.1. The SMILES string of the molecule is O=C(NCc1ccc(-n2cccn2)nc1)[C@@H]1CCCN(C(=O)Cc2ccc(F)cc2)C1. The van der Waals surface area contributed by atoms with Crippen molar-refractivity contribution < 1.29 is 14.0 Å². The van der Waals surface area contributed by atoms with Crippen molar-refractivity contribution in [1.82, 2.24) is 25.0 Å². The first-order valence-corrected chi connectivity index (χ1v) is 10.3. The number of hydrogen-bond acceptors (Lipinski definition) is 4. The van der Waals surface area contributed by atoms with Gasteiger partial charge in [-0.05, 0) is 48.2 Å². The third kappa shape index (κ3) is 5.33. The minimum atomic E-state index is -0.322. The van der Waals surface area contributed by atoms with Crippen LogP contribution in [0.1, 0.15) is 24.0 Å². The Morgan fingerprint density at radius 3 is 2.65 bits per heavy atom. The van der Waals surface area contributed by atoms with Gasteiger partial charge in [0.2, 0.25) is 11.8 Å². The van der Waals surface area contributed by atoms with Crippen LogP contribution in [0.15, 0.2) is 61.1 Å². The number of nitrogens with zero attached hydrogens (tertiary/aromatic N) is 4. The van der Waals surface area contributed by atoms with E-state index in [1.54, 1.807) is 34.1 Å². The summed E-state index contributed by atoms with van der Waals surface area (Å²) in [6.45, 7) is 1.43. The Morgan fingerprint density at radius 2 is 1.94 bits per heavy atom. The molecule has 1 aliphatic heterocycles. The average molecular weight is 421 g/mol. The molecular weight excluding hydrogens is 397 g/mol. The van der Waals surface area contributed by atoms with E-state index in [1.165, 1.54) is 12.1 Å². The molecule has 0 saturated carbocycles. The largest absolute Gasteiger partial charge is 0.352 e. The van der Waals surface area contributed by atoms with Crippen LogP contribution in [0.2, 0.25) is 0 Å². The highest BCUT2D eigenvalue weighted by molar-refractivity contribution is 5.82. The van der Waals surface area contributed by atoms with Crippen LogP contribution in [0, 0.1) is 11.7 Å². The molecular formula is C23H24FN5O2. The number of likely N-dealkylation sites (tertiary alicyclic amines) is 1.